The van der Waals surface area contributed by atoms with Gasteiger partial charge in [-0.25, -0.2) is 19.9 Å². The molecule has 0 saturated carbocycles. The van der Waals surface area contributed by atoms with Crippen LogP contribution in [0.5, 0.6) is 0 Å². The third-order valence-electron chi connectivity index (χ3n) is 6.16. The van der Waals surface area contributed by atoms with Gasteiger partial charge in [0.2, 0.25) is 5.95 Å². The first-order valence-corrected chi connectivity index (χ1v) is 11.9. The van der Waals surface area contributed by atoms with E-state index in [2.05, 4.69) is 49.9 Å². The lowest BCUT2D eigenvalue weighted by Gasteiger charge is -2.27. The summed E-state index contributed by atoms with van der Waals surface area (Å²) in [5, 5.41) is 11.1. The minimum atomic E-state index is 0.332. The van der Waals surface area contributed by atoms with Crippen LogP contribution in [0.4, 0.5) is 17.6 Å². The molecule has 0 bridgehead atoms. The number of pyridine rings is 2. The summed E-state index contributed by atoms with van der Waals surface area (Å²) in [6.45, 7) is 9.67. The average molecular weight is 449 g/mol. The number of nitrogens with zero attached hydrogens (tertiary/aromatic N) is 5. The van der Waals surface area contributed by atoms with Crippen LogP contribution in [-0.2, 0) is 11.3 Å². The molecule has 0 aliphatic carbocycles. The topological polar surface area (TPSA) is 100 Å². The molecule has 5 rings (SSSR count). The first-order valence-electron chi connectivity index (χ1n) is 11.9. The van der Waals surface area contributed by atoms with Gasteiger partial charge < -0.3 is 20.7 Å². The molecule has 0 radical (unpaired) electrons. The number of aromatic nitrogens is 4. The molecule has 2 saturated heterocycles. The Bertz CT molecular complexity index is 1060. The Morgan fingerprint density at radius 2 is 2.06 bits per heavy atom. The molecule has 0 amide bonds. The third-order valence-corrected chi connectivity index (χ3v) is 6.16. The van der Waals surface area contributed by atoms with Crippen molar-refractivity contribution in [1.29, 1.82) is 0 Å². The number of hydrogen-bond donors (Lipinski definition) is 3. The van der Waals surface area contributed by atoms with E-state index in [-0.39, 0.29) is 0 Å². The highest BCUT2D eigenvalue weighted by molar-refractivity contribution is 5.89. The molecule has 3 N–H and O–H groups in total. The fourth-order valence-electron chi connectivity index (χ4n) is 4.30. The monoisotopic (exact) mass is 448 g/mol. The van der Waals surface area contributed by atoms with Crippen molar-refractivity contribution in [2.24, 2.45) is 0 Å². The number of nitrogens with one attached hydrogen (secondary N) is 3. The molecule has 0 aromatic carbocycles. The number of fused-ring (bicyclic) bond motifs is 1. The van der Waals surface area contributed by atoms with Crippen molar-refractivity contribution in [3.63, 3.8) is 0 Å². The Labute approximate surface area is 194 Å². The predicted octanol–water partition coefficient (Wildman–Crippen LogP) is 2.89. The van der Waals surface area contributed by atoms with E-state index in [1.807, 2.05) is 18.5 Å². The molecule has 2 fully saturated rings. The number of piperazine rings is 1. The van der Waals surface area contributed by atoms with Crippen molar-refractivity contribution < 1.29 is 4.74 Å². The minimum Gasteiger partial charge on any atom is -0.381 e. The van der Waals surface area contributed by atoms with Crippen LogP contribution in [0.25, 0.3) is 10.9 Å². The SMILES string of the molecule is CCCNc1nc(C2CCOC2)cc2cnc(Nc3ccc(CN4CCNCC4)cn3)nc12. The van der Waals surface area contributed by atoms with Crippen LogP contribution in [0.2, 0.25) is 0 Å². The Balaban J connectivity index is 1.34. The van der Waals surface area contributed by atoms with Crippen LogP contribution in [-0.4, -0.2) is 70.8 Å². The maximum absolute atomic E-state index is 5.57. The lowest BCUT2D eigenvalue weighted by atomic mass is 10.0. The van der Waals surface area contributed by atoms with Gasteiger partial charge in [-0.15, -0.1) is 0 Å². The fourth-order valence-corrected chi connectivity index (χ4v) is 4.30. The van der Waals surface area contributed by atoms with E-state index < -0.39 is 0 Å². The highest BCUT2D eigenvalue weighted by Gasteiger charge is 2.21. The van der Waals surface area contributed by atoms with Gasteiger partial charge >= 0.3 is 0 Å². The molecule has 9 nitrogen and oxygen atoms in total. The van der Waals surface area contributed by atoms with Crippen LogP contribution in [0.1, 0.15) is 36.9 Å². The van der Waals surface area contributed by atoms with Crippen LogP contribution in [0.15, 0.2) is 30.6 Å². The number of ether oxygens (including phenoxy) is 1. The standard InChI is InChI=1S/C24H32N8O/c1-2-6-26-23-22-19(12-20(29-23)18-5-11-33-16-18)14-28-24(31-22)30-21-4-3-17(13-27-21)15-32-9-7-25-8-10-32/h3-4,12-14,18,25H,2,5-11,15-16H2,1H3,(H,26,29)(H,27,28,30,31). The number of hydrogen-bond acceptors (Lipinski definition) is 9. The zero-order valence-corrected chi connectivity index (χ0v) is 19.2. The van der Waals surface area contributed by atoms with Crippen molar-refractivity contribution in [3.05, 3.63) is 41.9 Å². The van der Waals surface area contributed by atoms with Crippen molar-refractivity contribution in [2.45, 2.75) is 32.2 Å². The Morgan fingerprint density at radius 1 is 1.15 bits per heavy atom. The van der Waals surface area contributed by atoms with Gasteiger partial charge in [0, 0.05) is 75.3 Å². The van der Waals surface area contributed by atoms with Gasteiger partial charge in [0.15, 0.2) is 5.82 Å². The molecule has 174 valence electrons. The first-order chi connectivity index (χ1) is 16.3. The summed E-state index contributed by atoms with van der Waals surface area (Å²) >= 11 is 0. The number of anilines is 3. The fraction of sp³-hybridized carbons (Fsp3) is 0.500. The van der Waals surface area contributed by atoms with Crippen LogP contribution >= 0.6 is 0 Å². The van der Waals surface area contributed by atoms with Crippen molar-refractivity contribution in [2.75, 3.05) is 56.6 Å². The quantitative estimate of drug-likeness (QED) is 0.480. The molecule has 3 aromatic rings. The van der Waals surface area contributed by atoms with E-state index in [0.29, 0.717) is 11.9 Å². The largest absolute Gasteiger partial charge is 0.381 e. The molecule has 1 atom stereocenters. The lowest BCUT2D eigenvalue weighted by molar-refractivity contribution is 0.193. The van der Waals surface area contributed by atoms with Crippen molar-refractivity contribution in [3.8, 4) is 0 Å². The lowest BCUT2D eigenvalue weighted by Crippen LogP contribution is -2.42. The molecule has 33 heavy (non-hydrogen) atoms. The van der Waals surface area contributed by atoms with Gasteiger partial charge in [-0.3, -0.25) is 4.90 Å². The Morgan fingerprint density at radius 3 is 2.82 bits per heavy atom. The molecule has 9 heteroatoms. The molecular weight excluding hydrogens is 416 g/mol. The second-order valence-corrected chi connectivity index (χ2v) is 8.72. The van der Waals surface area contributed by atoms with Crippen LogP contribution < -0.4 is 16.0 Å². The average Bonchev–Trinajstić information content (AvgIpc) is 3.40. The minimum absolute atomic E-state index is 0.332. The van der Waals surface area contributed by atoms with Crippen molar-refractivity contribution >= 4 is 28.5 Å². The van der Waals surface area contributed by atoms with E-state index in [1.165, 1.54) is 5.56 Å². The summed E-state index contributed by atoms with van der Waals surface area (Å²) in [4.78, 5) is 21.2. The van der Waals surface area contributed by atoms with Gasteiger partial charge in [0.1, 0.15) is 11.3 Å². The summed E-state index contributed by atoms with van der Waals surface area (Å²) in [6.07, 6.45) is 5.81. The second kappa shape index (κ2) is 10.4. The van der Waals surface area contributed by atoms with Gasteiger partial charge in [-0.1, -0.05) is 13.0 Å². The van der Waals surface area contributed by atoms with Crippen molar-refractivity contribution in [1.82, 2.24) is 30.2 Å². The van der Waals surface area contributed by atoms with Crippen LogP contribution in [0.3, 0.4) is 0 Å². The van der Waals surface area contributed by atoms with Gasteiger partial charge in [-0.05, 0) is 30.5 Å². The molecule has 0 spiro atoms. The van der Waals surface area contributed by atoms with E-state index in [4.69, 9.17) is 14.7 Å². The highest BCUT2D eigenvalue weighted by Crippen LogP contribution is 2.29. The predicted molar refractivity (Wildman–Crippen MR) is 130 cm³/mol. The van der Waals surface area contributed by atoms with E-state index in [1.54, 1.807) is 0 Å². The number of rotatable bonds is 8. The Kier molecular flexibility index (Phi) is 6.89. The zero-order valence-electron chi connectivity index (χ0n) is 19.2. The van der Waals surface area contributed by atoms with Gasteiger partial charge in [-0.2, -0.15) is 0 Å². The first kappa shape index (κ1) is 21.9. The molecule has 2 aliphatic rings. The van der Waals surface area contributed by atoms with Gasteiger partial charge in [0.25, 0.3) is 0 Å². The summed E-state index contributed by atoms with van der Waals surface area (Å²) in [6, 6.07) is 6.20. The summed E-state index contributed by atoms with van der Waals surface area (Å²) in [5.41, 5.74) is 3.07. The van der Waals surface area contributed by atoms with E-state index >= 15 is 0 Å². The zero-order chi connectivity index (χ0) is 22.5. The van der Waals surface area contributed by atoms with Gasteiger partial charge in [0.05, 0.1) is 6.61 Å². The third kappa shape index (κ3) is 5.38. The van der Waals surface area contributed by atoms with Crippen LogP contribution in [0, 0.1) is 0 Å². The summed E-state index contributed by atoms with van der Waals surface area (Å²) in [7, 11) is 0. The van der Waals surface area contributed by atoms with E-state index in [0.717, 1.165) is 93.6 Å². The maximum atomic E-state index is 5.57. The maximum Gasteiger partial charge on any atom is 0.229 e. The summed E-state index contributed by atoms with van der Waals surface area (Å²) < 4.78 is 5.57. The van der Waals surface area contributed by atoms with E-state index in [9.17, 15) is 0 Å². The summed E-state index contributed by atoms with van der Waals surface area (Å²) in [5.74, 6) is 2.39. The molecule has 3 aromatic heterocycles. The normalized spacial score (nSPS) is 19.1. The molecule has 1 unspecified atom stereocenters. The molecule has 5 heterocycles. The molecular formula is C24H32N8O. The second-order valence-electron chi connectivity index (χ2n) is 8.72. The molecule has 2 aliphatic heterocycles. The highest BCUT2D eigenvalue weighted by atomic mass is 16.5. The smallest absolute Gasteiger partial charge is 0.229 e. The Hall–Kier alpha value is -2.88.